The summed E-state index contributed by atoms with van der Waals surface area (Å²) in [5.41, 5.74) is 8.68. The molecule has 4 nitrogen and oxygen atoms in total. The minimum absolute atomic E-state index is 0.0157. The Balaban J connectivity index is 2.30. The van der Waals surface area contributed by atoms with Crippen LogP contribution < -0.4 is 5.73 Å². The van der Waals surface area contributed by atoms with Crippen LogP contribution in [0.2, 0.25) is 0 Å². The van der Waals surface area contributed by atoms with Crippen molar-refractivity contribution in [3.63, 3.8) is 0 Å². The third-order valence-electron chi connectivity index (χ3n) is 4.82. The lowest BCUT2D eigenvalue weighted by Crippen LogP contribution is -2.56. The van der Waals surface area contributed by atoms with Gasteiger partial charge in [0.05, 0.1) is 11.0 Å². The molecule has 110 valence electrons. The van der Waals surface area contributed by atoms with Gasteiger partial charge in [0, 0.05) is 25.0 Å². The summed E-state index contributed by atoms with van der Waals surface area (Å²) < 4.78 is 2.15. The molecule has 2 atom stereocenters. The molecule has 2 aromatic rings. The van der Waals surface area contributed by atoms with Crippen LogP contribution in [-0.4, -0.2) is 40.1 Å². The first-order valence-electron chi connectivity index (χ1n) is 7.23. The zero-order valence-corrected chi connectivity index (χ0v) is 13.2. The summed E-state index contributed by atoms with van der Waals surface area (Å²) in [6.45, 7) is 4.41. The molecule has 20 heavy (non-hydrogen) atoms. The molecule has 0 saturated heterocycles. The van der Waals surface area contributed by atoms with Gasteiger partial charge in [-0.05, 0) is 39.6 Å². The van der Waals surface area contributed by atoms with Crippen LogP contribution in [-0.2, 0) is 13.5 Å². The van der Waals surface area contributed by atoms with Crippen molar-refractivity contribution in [2.24, 2.45) is 12.8 Å². The van der Waals surface area contributed by atoms with Gasteiger partial charge in [0.2, 0.25) is 0 Å². The molecular formula is C16H26N4. The van der Waals surface area contributed by atoms with Gasteiger partial charge < -0.3 is 15.2 Å². The van der Waals surface area contributed by atoms with E-state index in [1.165, 1.54) is 0 Å². The second-order valence-electron chi connectivity index (χ2n) is 5.99. The number of imidazole rings is 1. The molecule has 2 rings (SSSR count). The van der Waals surface area contributed by atoms with E-state index in [1.807, 2.05) is 12.1 Å². The minimum atomic E-state index is -0.0157. The Morgan fingerprint density at radius 1 is 1.35 bits per heavy atom. The predicted molar refractivity (Wildman–Crippen MR) is 84.8 cm³/mol. The van der Waals surface area contributed by atoms with Crippen LogP contribution in [0.5, 0.6) is 0 Å². The summed E-state index contributed by atoms with van der Waals surface area (Å²) in [5, 5.41) is 0. The van der Waals surface area contributed by atoms with Gasteiger partial charge >= 0.3 is 0 Å². The average molecular weight is 274 g/mol. The Hall–Kier alpha value is -1.39. The van der Waals surface area contributed by atoms with E-state index >= 15 is 0 Å². The monoisotopic (exact) mass is 274 g/mol. The van der Waals surface area contributed by atoms with Crippen molar-refractivity contribution in [1.82, 2.24) is 14.5 Å². The van der Waals surface area contributed by atoms with E-state index in [0.717, 1.165) is 29.7 Å². The van der Waals surface area contributed by atoms with Gasteiger partial charge in [-0.2, -0.15) is 0 Å². The number of hydrogen-bond acceptors (Lipinski definition) is 3. The average Bonchev–Trinajstić information content (AvgIpc) is 2.74. The number of aryl methyl sites for hydroxylation is 1. The molecule has 1 aromatic heterocycles. The van der Waals surface area contributed by atoms with Crippen molar-refractivity contribution in [3.8, 4) is 0 Å². The van der Waals surface area contributed by atoms with Gasteiger partial charge in [-0.15, -0.1) is 0 Å². The fourth-order valence-corrected chi connectivity index (χ4v) is 2.70. The first-order chi connectivity index (χ1) is 9.40. The quantitative estimate of drug-likeness (QED) is 0.909. The van der Waals surface area contributed by atoms with Crippen LogP contribution in [0.25, 0.3) is 11.0 Å². The van der Waals surface area contributed by atoms with Crippen LogP contribution in [0.15, 0.2) is 24.3 Å². The summed E-state index contributed by atoms with van der Waals surface area (Å²) in [5.74, 6) is 1.06. The third-order valence-corrected chi connectivity index (χ3v) is 4.82. The maximum Gasteiger partial charge on any atom is 0.111 e. The SMILES string of the molecule is CCC(C)(C(N)Cc1nc2ccccc2n1C)N(C)C. The number of fused-ring (bicyclic) bond motifs is 1. The standard InChI is InChI=1S/C16H26N4/c1-6-16(2,19(3)4)14(17)11-15-18-12-9-7-8-10-13(12)20(15)5/h7-10,14H,6,11,17H2,1-5H3. The topological polar surface area (TPSA) is 47.1 Å². The Morgan fingerprint density at radius 3 is 2.55 bits per heavy atom. The van der Waals surface area contributed by atoms with E-state index in [9.17, 15) is 0 Å². The molecule has 4 heteroatoms. The molecule has 0 fully saturated rings. The molecule has 2 N–H and O–H groups in total. The molecule has 0 aliphatic rings. The van der Waals surface area contributed by atoms with E-state index in [1.54, 1.807) is 0 Å². The van der Waals surface area contributed by atoms with Gasteiger partial charge in [-0.3, -0.25) is 0 Å². The van der Waals surface area contributed by atoms with E-state index < -0.39 is 0 Å². The van der Waals surface area contributed by atoms with E-state index in [0.29, 0.717) is 0 Å². The predicted octanol–water partition coefficient (Wildman–Crippen LogP) is 2.17. The lowest BCUT2D eigenvalue weighted by Gasteiger charge is -2.40. The van der Waals surface area contributed by atoms with Gasteiger partial charge in [0.1, 0.15) is 5.82 Å². The fraction of sp³-hybridized carbons (Fsp3) is 0.562. The lowest BCUT2D eigenvalue weighted by molar-refractivity contribution is 0.130. The smallest absolute Gasteiger partial charge is 0.111 e. The van der Waals surface area contributed by atoms with Crippen LogP contribution in [0.3, 0.4) is 0 Å². The van der Waals surface area contributed by atoms with Crippen LogP contribution in [0.4, 0.5) is 0 Å². The zero-order valence-electron chi connectivity index (χ0n) is 13.2. The summed E-state index contributed by atoms with van der Waals surface area (Å²) in [4.78, 5) is 6.95. The van der Waals surface area contributed by atoms with Crippen molar-refractivity contribution in [2.75, 3.05) is 14.1 Å². The van der Waals surface area contributed by atoms with E-state index in [2.05, 4.69) is 56.6 Å². The first kappa shape index (κ1) is 15.0. The molecule has 0 aliphatic carbocycles. The number of benzene rings is 1. The van der Waals surface area contributed by atoms with E-state index in [-0.39, 0.29) is 11.6 Å². The van der Waals surface area contributed by atoms with Crippen molar-refractivity contribution < 1.29 is 0 Å². The highest BCUT2D eigenvalue weighted by molar-refractivity contribution is 5.75. The number of hydrogen-bond donors (Lipinski definition) is 1. The third kappa shape index (κ3) is 2.45. The minimum Gasteiger partial charge on any atom is -0.331 e. The zero-order chi connectivity index (χ0) is 14.9. The normalized spacial score (nSPS) is 16.6. The molecule has 1 heterocycles. The molecular weight excluding hydrogens is 248 g/mol. The Bertz CT molecular complexity index is 587. The number of nitrogens with zero attached hydrogens (tertiary/aromatic N) is 3. The van der Waals surface area contributed by atoms with Crippen molar-refractivity contribution in [1.29, 1.82) is 0 Å². The highest BCUT2D eigenvalue weighted by Gasteiger charge is 2.33. The Labute approximate surface area is 121 Å². The van der Waals surface area contributed by atoms with Gasteiger partial charge in [0.25, 0.3) is 0 Å². The molecule has 1 aromatic carbocycles. The number of rotatable bonds is 5. The second-order valence-corrected chi connectivity index (χ2v) is 5.99. The maximum absolute atomic E-state index is 6.49. The number of aromatic nitrogens is 2. The highest BCUT2D eigenvalue weighted by Crippen LogP contribution is 2.23. The molecule has 2 unspecified atom stereocenters. The largest absolute Gasteiger partial charge is 0.331 e. The van der Waals surface area contributed by atoms with Crippen molar-refractivity contribution in [2.45, 2.75) is 38.3 Å². The molecule has 0 saturated carbocycles. The summed E-state index contributed by atoms with van der Waals surface area (Å²) in [6.07, 6.45) is 1.80. The number of para-hydroxylation sites is 2. The number of nitrogens with two attached hydrogens (primary N) is 1. The highest BCUT2D eigenvalue weighted by atomic mass is 15.2. The maximum atomic E-state index is 6.49. The molecule has 0 spiro atoms. The van der Waals surface area contributed by atoms with Gasteiger partial charge in [0.15, 0.2) is 0 Å². The first-order valence-corrected chi connectivity index (χ1v) is 7.23. The molecule has 0 radical (unpaired) electrons. The van der Waals surface area contributed by atoms with Crippen molar-refractivity contribution >= 4 is 11.0 Å². The summed E-state index contributed by atoms with van der Waals surface area (Å²) in [7, 11) is 6.26. The van der Waals surface area contributed by atoms with Gasteiger partial charge in [-0.1, -0.05) is 19.1 Å². The van der Waals surface area contributed by atoms with Crippen molar-refractivity contribution in [3.05, 3.63) is 30.1 Å². The van der Waals surface area contributed by atoms with Gasteiger partial charge in [-0.25, -0.2) is 4.98 Å². The summed E-state index contributed by atoms with van der Waals surface area (Å²) in [6, 6.07) is 8.27. The molecule has 0 aliphatic heterocycles. The van der Waals surface area contributed by atoms with E-state index in [4.69, 9.17) is 10.7 Å². The fourth-order valence-electron chi connectivity index (χ4n) is 2.70. The lowest BCUT2D eigenvalue weighted by atomic mass is 9.86. The van der Waals surface area contributed by atoms with Crippen LogP contribution >= 0.6 is 0 Å². The Kier molecular flexibility index (Phi) is 4.16. The second kappa shape index (κ2) is 5.54. The van der Waals surface area contributed by atoms with Crippen LogP contribution in [0, 0.1) is 0 Å². The Morgan fingerprint density at radius 2 is 2.00 bits per heavy atom. The molecule has 0 amide bonds. The molecule has 0 bridgehead atoms. The summed E-state index contributed by atoms with van der Waals surface area (Å²) >= 11 is 0. The number of likely N-dealkylation sites (N-methyl/N-ethyl adjacent to an activating group) is 1. The van der Waals surface area contributed by atoms with Crippen LogP contribution in [0.1, 0.15) is 26.1 Å².